The smallest absolute Gasteiger partial charge is 0.194 e. The van der Waals surface area contributed by atoms with E-state index in [9.17, 15) is 4.79 Å². The third kappa shape index (κ3) is 2.07. The summed E-state index contributed by atoms with van der Waals surface area (Å²) in [6, 6.07) is 17.5. The quantitative estimate of drug-likeness (QED) is 0.606. The molecule has 1 aliphatic heterocycles. The monoisotopic (exact) mass is 238 g/mol. The first-order valence-corrected chi connectivity index (χ1v) is 6.07. The summed E-state index contributed by atoms with van der Waals surface area (Å²) < 4.78 is 5.50. The van der Waals surface area contributed by atoms with Gasteiger partial charge in [-0.25, -0.2) is 0 Å². The summed E-state index contributed by atoms with van der Waals surface area (Å²) in [6.07, 6.45) is -0.380. The van der Waals surface area contributed by atoms with E-state index >= 15 is 0 Å². The maximum atomic E-state index is 12.2. The lowest BCUT2D eigenvalue weighted by atomic mass is 10.0. The fourth-order valence-corrected chi connectivity index (χ4v) is 2.09. The van der Waals surface area contributed by atoms with Crippen molar-refractivity contribution in [3.63, 3.8) is 0 Å². The number of carbonyl (C=O) groups excluding carboxylic acids is 1. The number of ether oxygens (including phenoxy) is 1. The average molecular weight is 238 g/mol. The van der Waals surface area contributed by atoms with Gasteiger partial charge < -0.3 is 4.74 Å². The minimum Gasteiger partial charge on any atom is -0.356 e. The van der Waals surface area contributed by atoms with E-state index in [1.54, 1.807) is 0 Å². The number of benzene rings is 2. The molecule has 2 nitrogen and oxygen atoms in total. The molecule has 0 saturated carbocycles. The molecule has 18 heavy (non-hydrogen) atoms. The standard InChI is InChI=1S/C16H14O2/c1-11-7-9-12(10-8-11)14(17)16-15(18-16)13-5-3-2-4-6-13/h2-10,15-16H,1H3/t15-,16+/m1/s1. The summed E-state index contributed by atoms with van der Waals surface area (Å²) in [5.74, 6) is 0.0730. The highest BCUT2D eigenvalue weighted by atomic mass is 16.6. The van der Waals surface area contributed by atoms with E-state index in [2.05, 4.69) is 0 Å². The summed E-state index contributed by atoms with van der Waals surface area (Å²) in [5.41, 5.74) is 2.95. The molecule has 1 saturated heterocycles. The number of hydrogen-bond acceptors (Lipinski definition) is 2. The Hall–Kier alpha value is -1.93. The van der Waals surface area contributed by atoms with Crippen LogP contribution in [0, 0.1) is 6.92 Å². The van der Waals surface area contributed by atoms with Gasteiger partial charge in [0.15, 0.2) is 11.9 Å². The van der Waals surface area contributed by atoms with Crippen LogP contribution in [0.15, 0.2) is 54.6 Å². The van der Waals surface area contributed by atoms with Gasteiger partial charge in [0.2, 0.25) is 0 Å². The lowest BCUT2D eigenvalue weighted by Crippen LogP contribution is -2.08. The van der Waals surface area contributed by atoms with Crippen LogP contribution in [0.4, 0.5) is 0 Å². The minimum atomic E-state index is -0.310. The van der Waals surface area contributed by atoms with E-state index in [1.807, 2.05) is 61.5 Å². The third-order valence-corrected chi connectivity index (χ3v) is 3.21. The van der Waals surface area contributed by atoms with Gasteiger partial charge in [0.05, 0.1) is 0 Å². The predicted octanol–water partition coefficient (Wildman–Crippen LogP) is 3.32. The Morgan fingerprint density at radius 2 is 1.67 bits per heavy atom. The van der Waals surface area contributed by atoms with Crippen LogP contribution in [-0.2, 0) is 4.74 Å². The SMILES string of the molecule is Cc1ccc(C(=O)[C@@H]2O[C@@H]2c2ccccc2)cc1. The fourth-order valence-electron chi connectivity index (χ4n) is 2.09. The van der Waals surface area contributed by atoms with E-state index in [4.69, 9.17) is 4.74 Å². The van der Waals surface area contributed by atoms with Crippen LogP contribution in [-0.4, -0.2) is 11.9 Å². The van der Waals surface area contributed by atoms with Crippen molar-refractivity contribution < 1.29 is 9.53 Å². The molecule has 1 fully saturated rings. The first-order valence-electron chi connectivity index (χ1n) is 6.07. The Morgan fingerprint density at radius 3 is 2.33 bits per heavy atom. The average Bonchev–Trinajstić information content (AvgIpc) is 3.20. The summed E-state index contributed by atoms with van der Waals surface area (Å²) in [7, 11) is 0. The molecule has 0 amide bonds. The Bertz CT molecular complexity index is 557. The van der Waals surface area contributed by atoms with Gasteiger partial charge in [-0.2, -0.15) is 0 Å². The maximum absolute atomic E-state index is 12.2. The van der Waals surface area contributed by atoms with Crippen LogP contribution < -0.4 is 0 Å². The Labute approximate surface area is 106 Å². The van der Waals surface area contributed by atoms with Crippen LogP contribution in [0.3, 0.4) is 0 Å². The van der Waals surface area contributed by atoms with Crippen molar-refractivity contribution in [2.45, 2.75) is 19.1 Å². The van der Waals surface area contributed by atoms with Crippen molar-refractivity contribution >= 4 is 5.78 Å². The molecule has 0 radical (unpaired) electrons. The molecular weight excluding hydrogens is 224 g/mol. The topological polar surface area (TPSA) is 29.6 Å². The molecule has 2 aromatic rings. The number of epoxide rings is 1. The van der Waals surface area contributed by atoms with Crippen LogP contribution in [0.2, 0.25) is 0 Å². The van der Waals surface area contributed by atoms with Crippen LogP contribution in [0.25, 0.3) is 0 Å². The molecule has 1 heterocycles. The zero-order valence-electron chi connectivity index (χ0n) is 10.2. The second-order valence-electron chi connectivity index (χ2n) is 4.62. The van der Waals surface area contributed by atoms with E-state index in [-0.39, 0.29) is 18.0 Å². The van der Waals surface area contributed by atoms with Gasteiger partial charge in [-0.15, -0.1) is 0 Å². The maximum Gasteiger partial charge on any atom is 0.194 e. The Morgan fingerprint density at radius 1 is 1.00 bits per heavy atom. The normalized spacial score (nSPS) is 21.6. The third-order valence-electron chi connectivity index (χ3n) is 3.21. The van der Waals surface area contributed by atoms with Crippen molar-refractivity contribution in [3.8, 4) is 0 Å². The molecule has 0 N–H and O–H groups in total. The number of Topliss-reactive ketones (excluding diaryl/α,β-unsaturated/α-hetero) is 1. The summed E-state index contributed by atoms with van der Waals surface area (Å²) in [4.78, 5) is 12.2. The second-order valence-corrected chi connectivity index (χ2v) is 4.62. The van der Waals surface area contributed by atoms with Crippen molar-refractivity contribution in [2.24, 2.45) is 0 Å². The highest BCUT2D eigenvalue weighted by molar-refractivity contribution is 6.01. The van der Waals surface area contributed by atoms with Gasteiger partial charge in [-0.3, -0.25) is 4.79 Å². The Balaban J connectivity index is 1.75. The molecule has 2 atom stereocenters. The van der Waals surface area contributed by atoms with E-state index in [0.29, 0.717) is 0 Å². The van der Waals surface area contributed by atoms with E-state index in [0.717, 1.165) is 16.7 Å². The molecule has 0 aliphatic carbocycles. The van der Waals surface area contributed by atoms with Crippen molar-refractivity contribution in [1.29, 1.82) is 0 Å². The van der Waals surface area contributed by atoms with E-state index in [1.165, 1.54) is 0 Å². The zero-order valence-corrected chi connectivity index (χ0v) is 10.2. The number of hydrogen-bond donors (Lipinski definition) is 0. The summed E-state index contributed by atoms with van der Waals surface area (Å²) >= 11 is 0. The first-order chi connectivity index (χ1) is 8.75. The van der Waals surface area contributed by atoms with Crippen LogP contribution >= 0.6 is 0 Å². The molecule has 3 rings (SSSR count). The van der Waals surface area contributed by atoms with Crippen molar-refractivity contribution in [2.75, 3.05) is 0 Å². The molecule has 90 valence electrons. The lowest BCUT2D eigenvalue weighted by Gasteiger charge is -1.98. The Kier molecular flexibility index (Phi) is 2.73. The molecule has 0 aromatic heterocycles. The minimum absolute atomic E-state index is 0.0694. The van der Waals surface area contributed by atoms with Crippen molar-refractivity contribution in [3.05, 3.63) is 71.3 Å². The second kappa shape index (κ2) is 4.39. The highest BCUT2D eigenvalue weighted by Gasteiger charge is 2.45. The molecule has 0 spiro atoms. The number of carbonyl (C=O) groups is 1. The molecule has 2 heteroatoms. The zero-order chi connectivity index (χ0) is 12.5. The van der Waals surface area contributed by atoms with Gasteiger partial charge in [0.1, 0.15) is 6.10 Å². The number of ketones is 1. The molecule has 0 bridgehead atoms. The predicted molar refractivity (Wildman–Crippen MR) is 69.6 cm³/mol. The number of aryl methyl sites for hydroxylation is 1. The molecule has 2 aromatic carbocycles. The molecule has 1 aliphatic rings. The fraction of sp³-hybridized carbons (Fsp3) is 0.188. The van der Waals surface area contributed by atoms with Gasteiger partial charge in [-0.1, -0.05) is 60.2 Å². The summed E-state index contributed by atoms with van der Waals surface area (Å²) in [6.45, 7) is 2.01. The van der Waals surface area contributed by atoms with Gasteiger partial charge in [-0.05, 0) is 12.5 Å². The van der Waals surface area contributed by atoms with Gasteiger partial charge in [0, 0.05) is 5.56 Å². The molecular formula is C16H14O2. The highest BCUT2D eigenvalue weighted by Crippen LogP contribution is 2.40. The largest absolute Gasteiger partial charge is 0.356 e. The van der Waals surface area contributed by atoms with Crippen LogP contribution in [0.5, 0.6) is 0 Å². The lowest BCUT2D eigenvalue weighted by molar-refractivity contribution is 0.0953. The van der Waals surface area contributed by atoms with Crippen LogP contribution in [0.1, 0.15) is 27.6 Å². The van der Waals surface area contributed by atoms with E-state index < -0.39 is 0 Å². The van der Waals surface area contributed by atoms with Gasteiger partial charge in [0.25, 0.3) is 0 Å². The number of rotatable bonds is 3. The summed E-state index contributed by atoms with van der Waals surface area (Å²) in [5, 5.41) is 0. The molecule has 0 unspecified atom stereocenters. The first kappa shape index (κ1) is 11.2. The van der Waals surface area contributed by atoms with Crippen molar-refractivity contribution in [1.82, 2.24) is 0 Å². The van der Waals surface area contributed by atoms with Gasteiger partial charge >= 0.3 is 0 Å².